The summed E-state index contributed by atoms with van der Waals surface area (Å²) in [6, 6.07) is 12.1. The van der Waals surface area contributed by atoms with Gasteiger partial charge < -0.3 is 15.2 Å². The summed E-state index contributed by atoms with van der Waals surface area (Å²) in [4.78, 5) is 8.53. The van der Waals surface area contributed by atoms with E-state index in [1.165, 1.54) is 12.1 Å². The molecule has 0 saturated carbocycles. The summed E-state index contributed by atoms with van der Waals surface area (Å²) in [5, 5.41) is 10.9. The van der Waals surface area contributed by atoms with Crippen molar-refractivity contribution < 1.29 is 8.91 Å². The Balaban J connectivity index is 1.50. The Kier molecular flexibility index (Phi) is 6.60. The standard InChI is InChI=1S/C20H21ClFN5O/c1-13-10-17(22)7-6-14(13)8-9-24-20(23-2)25-12-18-26-19(27-28-18)15-4-3-5-16(21)11-15/h3-7,10-11H,8-9,12H2,1-2H3,(H2,23,24,25). The number of aliphatic imine (C=N–C) groups is 1. The topological polar surface area (TPSA) is 75.3 Å². The Labute approximate surface area is 167 Å². The van der Waals surface area contributed by atoms with Gasteiger partial charge in [0.15, 0.2) is 5.96 Å². The van der Waals surface area contributed by atoms with Gasteiger partial charge in [0, 0.05) is 24.2 Å². The Bertz CT molecular complexity index is 973. The molecule has 0 unspecified atom stereocenters. The molecule has 8 heteroatoms. The van der Waals surface area contributed by atoms with Crippen molar-refractivity contribution in [2.45, 2.75) is 19.9 Å². The van der Waals surface area contributed by atoms with E-state index in [2.05, 4.69) is 25.8 Å². The SMILES string of the molecule is CN=C(NCCc1ccc(F)cc1C)NCc1nc(-c2cccc(Cl)c2)no1. The second kappa shape index (κ2) is 9.32. The van der Waals surface area contributed by atoms with E-state index in [0.29, 0.717) is 35.8 Å². The van der Waals surface area contributed by atoms with E-state index in [-0.39, 0.29) is 5.82 Å². The van der Waals surface area contributed by atoms with Crippen molar-refractivity contribution in [3.63, 3.8) is 0 Å². The number of aryl methyl sites for hydroxylation is 1. The molecule has 0 bridgehead atoms. The van der Waals surface area contributed by atoms with Crippen molar-refractivity contribution >= 4 is 17.6 Å². The molecule has 0 saturated heterocycles. The molecule has 28 heavy (non-hydrogen) atoms. The molecule has 146 valence electrons. The van der Waals surface area contributed by atoms with Crippen LogP contribution in [0.5, 0.6) is 0 Å². The van der Waals surface area contributed by atoms with Crippen molar-refractivity contribution in [2.75, 3.05) is 13.6 Å². The van der Waals surface area contributed by atoms with E-state index < -0.39 is 0 Å². The van der Waals surface area contributed by atoms with Gasteiger partial charge in [-0.1, -0.05) is 35.0 Å². The van der Waals surface area contributed by atoms with Gasteiger partial charge in [-0.15, -0.1) is 0 Å². The van der Waals surface area contributed by atoms with Crippen LogP contribution in [0.4, 0.5) is 4.39 Å². The van der Waals surface area contributed by atoms with E-state index in [0.717, 1.165) is 23.1 Å². The molecule has 0 radical (unpaired) electrons. The predicted octanol–water partition coefficient (Wildman–Crippen LogP) is 3.75. The third kappa shape index (κ3) is 5.29. The minimum Gasteiger partial charge on any atom is -0.356 e. The average molecular weight is 402 g/mol. The molecule has 0 fully saturated rings. The summed E-state index contributed by atoms with van der Waals surface area (Å²) in [6.45, 7) is 2.89. The first-order valence-electron chi connectivity index (χ1n) is 8.83. The lowest BCUT2D eigenvalue weighted by atomic mass is 10.1. The zero-order valence-electron chi connectivity index (χ0n) is 15.7. The van der Waals surface area contributed by atoms with Crippen LogP contribution < -0.4 is 10.6 Å². The first-order valence-corrected chi connectivity index (χ1v) is 9.21. The van der Waals surface area contributed by atoms with Crippen molar-refractivity contribution in [1.82, 2.24) is 20.8 Å². The van der Waals surface area contributed by atoms with Crippen molar-refractivity contribution in [3.8, 4) is 11.4 Å². The number of nitrogens with zero attached hydrogens (tertiary/aromatic N) is 3. The maximum absolute atomic E-state index is 13.2. The fraction of sp³-hybridized carbons (Fsp3) is 0.250. The molecular weight excluding hydrogens is 381 g/mol. The maximum atomic E-state index is 13.2. The second-order valence-electron chi connectivity index (χ2n) is 6.20. The molecule has 1 aromatic heterocycles. The zero-order chi connectivity index (χ0) is 19.9. The normalized spacial score (nSPS) is 11.5. The molecule has 6 nitrogen and oxygen atoms in total. The van der Waals surface area contributed by atoms with Gasteiger partial charge in [0.2, 0.25) is 11.7 Å². The molecule has 0 amide bonds. The summed E-state index contributed by atoms with van der Waals surface area (Å²) in [5.74, 6) is 1.31. The Hall–Kier alpha value is -2.93. The monoisotopic (exact) mass is 401 g/mol. The van der Waals surface area contributed by atoms with Crippen LogP contribution >= 0.6 is 11.6 Å². The summed E-state index contributed by atoms with van der Waals surface area (Å²) < 4.78 is 18.4. The minimum atomic E-state index is -0.219. The Morgan fingerprint density at radius 3 is 2.82 bits per heavy atom. The zero-order valence-corrected chi connectivity index (χ0v) is 16.4. The molecule has 1 heterocycles. The van der Waals surface area contributed by atoms with E-state index in [1.807, 2.05) is 19.1 Å². The number of nitrogens with one attached hydrogen (secondary N) is 2. The number of guanidine groups is 1. The van der Waals surface area contributed by atoms with Crippen molar-refractivity contribution in [2.24, 2.45) is 4.99 Å². The van der Waals surface area contributed by atoms with Crippen molar-refractivity contribution in [3.05, 3.63) is 70.3 Å². The summed E-state index contributed by atoms with van der Waals surface area (Å²) in [5.41, 5.74) is 2.82. The van der Waals surface area contributed by atoms with Gasteiger partial charge in [0.05, 0.1) is 6.54 Å². The molecule has 0 spiro atoms. The highest BCUT2D eigenvalue weighted by molar-refractivity contribution is 6.30. The Morgan fingerprint density at radius 1 is 1.21 bits per heavy atom. The molecule has 2 aromatic carbocycles. The van der Waals surface area contributed by atoms with E-state index in [1.54, 1.807) is 25.2 Å². The molecule has 0 aliphatic heterocycles. The third-order valence-electron chi connectivity index (χ3n) is 4.17. The first-order chi connectivity index (χ1) is 13.5. The summed E-state index contributed by atoms with van der Waals surface area (Å²) in [7, 11) is 1.68. The smallest absolute Gasteiger partial charge is 0.246 e. The Morgan fingerprint density at radius 2 is 2.07 bits per heavy atom. The van der Waals surface area contributed by atoms with Gasteiger partial charge in [0.25, 0.3) is 0 Å². The van der Waals surface area contributed by atoms with Crippen LogP contribution in [0.25, 0.3) is 11.4 Å². The summed E-state index contributed by atoms with van der Waals surface area (Å²) in [6.07, 6.45) is 0.756. The van der Waals surface area contributed by atoms with E-state index in [4.69, 9.17) is 16.1 Å². The van der Waals surface area contributed by atoms with Crippen LogP contribution in [0.1, 0.15) is 17.0 Å². The highest BCUT2D eigenvalue weighted by Crippen LogP contribution is 2.19. The lowest BCUT2D eigenvalue weighted by Crippen LogP contribution is -2.38. The summed E-state index contributed by atoms with van der Waals surface area (Å²) >= 11 is 5.99. The molecular formula is C20H21ClFN5O. The molecule has 0 atom stereocenters. The van der Waals surface area contributed by atoms with Gasteiger partial charge in [-0.05, 0) is 48.7 Å². The largest absolute Gasteiger partial charge is 0.356 e. The van der Waals surface area contributed by atoms with Crippen LogP contribution in [-0.4, -0.2) is 29.7 Å². The lowest BCUT2D eigenvalue weighted by Gasteiger charge is -2.11. The molecule has 3 aromatic rings. The number of hydrogen-bond acceptors (Lipinski definition) is 4. The lowest BCUT2D eigenvalue weighted by molar-refractivity contribution is 0.375. The number of aromatic nitrogens is 2. The second-order valence-corrected chi connectivity index (χ2v) is 6.63. The van der Waals surface area contributed by atoms with Crippen LogP contribution in [-0.2, 0) is 13.0 Å². The number of benzene rings is 2. The quantitative estimate of drug-likeness (QED) is 0.486. The third-order valence-corrected chi connectivity index (χ3v) is 4.41. The fourth-order valence-electron chi connectivity index (χ4n) is 2.71. The highest BCUT2D eigenvalue weighted by Gasteiger charge is 2.09. The van der Waals surface area contributed by atoms with Crippen LogP contribution in [0.15, 0.2) is 52.0 Å². The number of rotatable bonds is 6. The van der Waals surface area contributed by atoms with Crippen LogP contribution in [0.2, 0.25) is 5.02 Å². The highest BCUT2D eigenvalue weighted by atomic mass is 35.5. The van der Waals surface area contributed by atoms with Crippen LogP contribution in [0, 0.1) is 12.7 Å². The maximum Gasteiger partial charge on any atom is 0.246 e. The minimum absolute atomic E-state index is 0.219. The van der Waals surface area contributed by atoms with Gasteiger partial charge in [-0.3, -0.25) is 4.99 Å². The molecule has 0 aliphatic carbocycles. The molecule has 3 rings (SSSR count). The number of hydrogen-bond donors (Lipinski definition) is 2. The predicted molar refractivity (Wildman–Crippen MR) is 108 cm³/mol. The van der Waals surface area contributed by atoms with Crippen molar-refractivity contribution in [1.29, 1.82) is 0 Å². The van der Waals surface area contributed by atoms with Gasteiger partial charge in [-0.25, -0.2) is 4.39 Å². The molecule has 0 aliphatic rings. The van der Waals surface area contributed by atoms with Crippen LogP contribution in [0.3, 0.4) is 0 Å². The average Bonchev–Trinajstić information content (AvgIpc) is 3.15. The number of halogens is 2. The van der Waals surface area contributed by atoms with Gasteiger partial charge in [0.1, 0.15) is 5.82 Å². The fourth-order valence-corrected chi connectivity index (χ4v) is 2.90. The molecule has 2 N–H and O–H groups in total. The van der Waals surface area contributed by atoms with Gasteiger partial charge in [-0.2, -0.15) is 4.98 Å². The first kappa shape index (κ1) is 19.8. The van der Waals surface area contributed by atoms with E-state index in [9.17, 15) is 4.39 Å². The van der Waals surface area contributed by atoms with E-state index >= 15 is 0 Å². The van der Waals surface area contributed by atoms with Gasteiger partial charge >= 0.3 is 0 Å².